The third-order valence-corrected chi connectivity index (χ3v) is 28.2. The second-order valence-electron chi connectivity index (χ2n) is 35.2. The van der Waals surface area contributed by atoms with Crippen molar-refractivity contribution in [1.29, 1.82) is 0 Å². The number of para-hydroxylation sites is 8. The molecule has 4 aromatic heterocycles. The van der Waals surface area contributed by atoms with Gasteiger partial charge in [-0.25, -0.2) is 0 Å². The van der Waals surface area contributed by atoms with E-state index in [0.717, 1.165) is 0 Å². The molecule has 0 bridgehead atoms. The summed E-state index contributed by atoms with van der Waals surface area (Å²) in [6.07, 6.45) is 0. The summed E-state index contributed by atoms with van der Waals surface area (Å²) in [7, 11) is 0. The third kappa shape index (κ3) is 11.8. The van der Waals surface area contributed by atoms with Gasteiger partial charge in [-0.3, -0.25) is 0 Å². The van der Waals surface area contributed by atoms with Gasteiger partial charge >= 0.3 is 0 Å². The molecule has 0 spiro atoms. The number of hydrogen-bond donors (Lipinski definition) is 0. The summed E-state index contributed by atoms with van der Waals surface area (Å²) in [4.78, 5) is 0. The van der Waals surface area contributed by atoms with Crippen LogP contribution in [0.4, 0.5) is 0 Å². The van der Waals surface area contributed by atoms with Gasteiger partial charge in [-0.15, -0.1) is 0 Å². The second-order valence-corrected chi connectivity index (χ2v) is 35.2. The van der Waals surface area contributed by atoms with Crippen LogP contribution in [0.1, 0.15) is 0 Å². The maximum atomic E-state index is 2.44. The van der Waals surface area contributed by atoms with Crippen molar-refractivity contribution in [2.45, 2.75) is 0 Å². The highest BCUT2D eigenvalue weighted by Gasteiger charge is 2.24. The SMILES string of the molecule is c1ccc2c(-c3ccc(-c4ccc(-n5c6ccccc6c6ccccc65)c5ccccc45)c4ccccc34)ccc(-c3ccc4cc(-n5c6ccccc6c6ccccc65)ccc4c3)c2c1.c1ccc2c(-c3ccc(-c4ccc5cc(-n6c7ccccc7c7ccccc76)ccc5c4)c4ccccc34)ccc(-c3ccc4cc(-n5c6ccccc6c6ccccc65)ccc4c3)c2c1. The third-order valence-electron chi connectivity index (χ3n) is 28.2. The lowest BCUT2D eigenvalue weighted by Gasteiger charge is -2.18. The van der Waals surface area contributed by atoms with E-state index in [0.29, 0.717) is 0 Å². The molecule has 24 aromatic carbocycles. The highest BCUT2D eigenvalue weighted by atomic mass is 15.0. The molecule has 0 amide bonds. The van der Waals surface area contributed by atoms with Crippen molar-refractivity contribution in [1.82, 2.24) is 18.3 Å². The van der Waals surface area contributed by atoms with E-state index in [9.17, 15) is 0 Å². The molecule has 4 nitrogen and oxygen atoms in total. The van der Waals surface area contributed by atoms with Gasteiger partial charge in [-0.05, 0) is 257 Å². The zero-order valence-corrected chi connectivity index (χ0v) is 72.0. The van der Waals surface area contributed by atoms with E-state index in [1.54, 1.807) is 0 Å². The topological polar surface area (TPSA) is 19.7 Å². The molecule has 0 N–H and O–H groups in total. The van der Waals surface area contributed by atoms with Gasteiger partial charge in [-0.2, -0.15) is 0 Å². The van der Waals surface area contributed by atoms with Crippen LogP contribution in [0.25, 0.3) is 263 Å². The Balaban J connectivity index is 0.000000135. The Hall–Kier alpha value is -17.4. The standard InChI is InChI=1S/2C64H40N2/c1-3-15-53-51(13-1)49(45-27-25-43-39-47(31-29-41(43)37-45)65-61-21-9-5-17-57(61)58-18-6-10-22-62(58)65)33-35-55(53)56-36-34-50(52-14-2-4-16-54(52)56)46-28-26-44-40-48(32-30-42(44)38-46)66-63-23-11-7-19-59(63)60-20-8-12-24-64(60)66;1-2-16-47-46(15-1)45(43-30-29-42-40-44(32-31-41(42)39-43)65-60-25-11-7-21-56(60)57-22-8-12-26-61(57)65)33-34-51(47)52-35-36-53(49-18-4-3-17-48(49)52)54-37-38-64(55-20-6-5-19-50(54)55)66-62-27-13-9-23-58(62)59-24-10-14-28-63(59)66/h2*1-40H. The van der Waals surface area contributed by atoms with Crippen LogP contribution >= 0.6 is 0 Å². The van der Waals surface area contributed by atoms with Crippen molar-refractivity contribution in [3.63, 3.8) is 0 Å². The minimum absolute atomic E-state index is 1.17. The van der Waals surface area contributed by atoms with Crippen LogP contribution in [0.2, 0.25) is 0 Å². The minimum Gasteiger partial charge on any atom is -0.309 e. The lowest BCUT2D eigenvalue weighted by Crippen LogP contribution is -1.96. The van der Waals surface area contributed by atoms with Crippen molar-refractivity contribution in [3.05, 3.63) is 485 Å². The zero-order valence-electron chi connectivity index (χ0n) is 72.0. The van der Waals surface area contributed by atoms with E-state index >= 15 is 0 Å². The average molecular weight is 1670 g/mol. The quantitative estimate of drug-likeness (QED) is 0.130. The molecule has 0 saturated heterocycles. The summed E-state index contributed by atoms with van der Waals surface area (Å²) in [6, 6.07) is 179. The Morgan fingerprint density at radius 3 is 0.515 bits per heavy atom. The Kier molecular flexibility index (Phi) is 17.1. The van der Waals surface area contributed by atoms with Gasteiger partial charge < -0.3 is 18.3 Å². The first-order valence-corrected chi connectivity index (χ1v) is 45.7. The van der Waals surface area contributed by atoms with E-state index in [-0.39, 0.29) is 0 Å². The molecule has 0 atom stereocenters. The summed E-state index contributed by atoms with van der Waals surface area (Å²) in [6.45, 7) is 0. The number of nitrogens with zero attached hydrogens (tertiary/aromatic N) is 4. The largest absolute Gasteiger partial charge is 0.309 e. The number of rotatable bonds is 10. The van der Waals surface area contributed by atoms with Crippen LogP contribution in [-0.2, 0) is 0 Å². The van der Waals surface area contributed by atoms with Gasteiger partial charge in [0.1, 0.15) is 0 Å². The van der Waals surface area contributed by atoms with Crippen molar-refractivity contribution in [2.75, 3.05) is 0 Å². The number of hydrogen-bond acceptors (Lipinski definition) is 0. The molecule has 612 valence electrons. The monoisotopic (exact) mass is 1670 g/mol. The van der Waals surface area contributed by atoms with Crippen molar-refractivity contribution < 1.29 is 0 Å². The number of aromatic nitrogens is 4. The van der Waals surface area contributed by atoms with Crippen LogP contribution in [0.5, 0.6) is 0 Å². The lowest BCUT2D eigenvalue weighted by molar-refractivity contribution is 1.19. The van der Waals surface area contributed by atoms with Gasteiger partial charge in [0, 0.05) is 65.5 Å². The fourth-order valence-corrected chi connectivity index (χ4v) is 22.2. The Labute approximate surface area is 761 Å². The molecule has 28 rings (SSSR count). The highest BCUT2D eigenvalue weighted by molar-refractivity contribution is 6.20. The summed E-state index contributed by atoms with van der Waals surface area (Å²) >= 11 is 0. The van der Waals surface area contributed by atoms with E-state index in [1.807, 2.05) is 0 Å². The molecule has 0 fully saturated rings. The predicted octanol–water partition coefficient (Wildman–Crippen LogP) is 35.0. The molecular weight excluding hydrogens is 1590 g/mol. The normalized spacial score (nSPS) is 11.9. The van der Waals surface area contributed by atoms with E-state index < -0.39 is 0 Å². The molecule has 0 unspecified atom stereocenters. The smallest absolute Gasteiger partial charge is 0.0541 e. The first-order valence-electron chi connectivity index (χ1n) is 45.7. The molecule has 0 aliphatic carbocycles. The van der Waals surface area contributed by atoms with E-state index in [4.69, 9.17) is 0 Å². The van der Waals surface area contributed by atoms with Gasteiger partial charge in [0.2, 0.25) is 0 Å². The van der Waals surface area contributed by atoms with Crippen molar-refractivity contribution in [2.24, 2.45) is 0 Å². The molecule has 4 heterocycles. The van der Waals surface area contributed by atoms with Crippen molar-refractivity contribution >= 4 is 173 Å². The molecular formula is C128H80N4. The summed E-state index contributed by atoms with van der Waals surface area (Å²) < 4.78 is 9.62. The first-order chi connectivity index (χ1) is 65.5. The van der Waals surface area contributed by atoms with Crippen LogP contribution in [0, 0.1) is 0 Å². The van der Waals surface area contributed by atoms with Gasteiger partial charge in [-0.1, -0.05) is 376 Å². The first kappa shape index (κ1) is 74.8. The maximum absolute atomic E-state index is 2.44. The fraction of sp³-hybridized carbons (Fsp3) is 0. The zero-order chi connectivity index (χ0) is 86.6. The highest BCUT2D eigenvalue weighted by Crippen LogP contribution is 2.48. The molecule has 0 aliphatic heterocycles. The van der Waals surface area contributed by atoms with Crippen LogP contribution in [0.3, 0.4) is 0 Å². The molecule has 132 heavy (non-hydrogen) atoms. The van der Waals surface area contributed by atoms with Crippen LogP contribution in [-0.4, -0.2) is 18.3 Å². The Bertz CT molecular complexity index is 9210. The Morgan fingerprint density at radius 2 is 0.273 bits per heavy atom. The molecule has 28 aromatic rings. The molecule has 0 aliphatic rings. The van der Waals surface area contributed by atoms with Gasteiger partial charge in [0.25, 0.3) is 0 Å². The molecule has 0 radical (unpaired) electrons. The number of fused-ring (bicyclic) bond motifs is 20. The molecule has 0 saturated carbocycles. The average Bonchev–Trinajstić information content (AvgIpc) is 1.44. The van der Waals surface area contributed by atoms with Crippen molar-refractivity contribution in [3.8, 4) is 89.5 Å². The second kappa shape index (κ2) is 30.1. The predicted molar refractivity (Wildman–Crippen MR) is 563 cm³/mol. The summed E-state index contributed by atoms with van der Waals surface area (Å²) in [5.74, 6) is 0. The van der Waals surface area contributed by atoms with Crippen LogP contribution < -0.4 is 0 Å². The van der Waals surface area contributed by atoms with E-state index in [2.05, 4.69) is 504 Å². The van der Waals surface area contributed by atoms with E-state index in [1.165, 1.54) is 263 Å². The minimum atomic E-state index is 1.17. The fourth-order valence-electron chi connectivity index (χ4n) is 22.2. The lowest BCUT2D eigenvalue weighted by atomic mass is 9.87. The Morgan fingerprint density at radius 1 is 0.106 bits per heavy atom. The van der Waals surface area contributed by atoms with Crippen LogP contribution in [0.15, 0.2) is 485 Å². The number of benzene rings is 24. The molecule has 4 heteroatoms. The summed E-state index contributed by atoms with van der Waals surface area (Å²) in [5, 5.41) is 30.0. The summed E-state index contributed by atoms with van der Waals surface area (Å²) in [5.41, 5.74) is 29.3. The maximum Gasteiger partial charge on any atom is 0.0541 e. The van der Waals surface area contributed by atoms with Gasteiger partial charge in [0.15, 0.2) is 0 Å². The van der Waals surface area contributed by atoms with Gasteiger partial charge in [0.05, 0.1) is 49.8 Å².